The fourth-order valence-electron chi connectivity index (χ4n) is 1.87. The highest BCUT2D eigenvalue weighted by Gasteiger charge is 2.27. The molecule has 0 unspecified atom stereocenters. The van der Waals surface area contributed by atoms with Crippen LogP contribution in [0.15, 0.2) is 47.4 Å². The second-order valence-electron chi connectivity index (χ2n) is 4.50. The zero-order chi connectivity index (χ0) is 17.9. The summed E-state index contributed by atoms with van der Waals surface area (Å²) in [5.74, 6) is -0.164. The van der Waals surface area contributed by atoms with Crippen molar-refractivity contribution in [1.82, 2.24) is 0 Å². The lowest BCUT2D eigenvalue weighted by Crippen LogP contribution is -2.09. The second-order valence-corrected chi connectivity index (χ2v) is 6.11. The van der Waals surface area contributed by atoms with Gasteiger partial charge in [-0.05, 0) is 30.3 Å². The number of nitrogens with zero attached hydrogens (tertiary/aromatic N) is 2. The predicted octanol–water partition coefficient (Wildman–Crippen LogP) is 2.11. The smallest absolute Gasteiger partial charge is 0.297 e. The molecule has 0 aliphatic carbocycles. The van der Waals surface area contributed by atoms with Crippen LogP contribution in [-0.2, 0) is 20.9 Å². The molecule has 0 amide bonds. The molecule has 0 atom stereocenters. The summed E-state index contributed by atoms with van der Waals surface area (Å²) >= 11 is 0. The number of hydrogen-bond donors (Lipinski definition) is 1. The van der Waals surface area contributed by atoms with Crippen molar-refractivity contribution in [3.63, 3.8) is 0 Å². The topological polar surface area (TPSA) is 150 Å². The van der Waals surface area contributed by atoms with Crippen LogP contribution in [0.5, 0.6) is 5.75 Å². The van der Waals surface area contributed by atoms with Gasteiger partial charge in [0.05, 0.1) is 14.7 Å². The van der Waals surface area contributed by atoms with Crippen LogP contribution in [0.25, 0.3) is 0 Å². The predicted molar refractivity (Wildman–Crippen MR) is 79.8 cm³/mol. The molecule has 0 aromatic heterocycles. The molecule has 2 aromatic rings. The summed E-state index contributed by atoms with van der Waals surface area (Å²) in [7, 11) is -4.32. The van der Waals surface area contributed by atoms with Gasteiger partial charge in [-0.1, -0.05) is 0 Å². The van der Waals surface area contributed by atoms with Crippen LogP contribution in [0, 0.1) is 20.2 Å². The molecule has 0 spiro atoms. The van der Waals surface area contributed by atoms with Crippen LogP contribution in [0.4, 0.5) is 11.4 Å². The van der Waals surface area contributed by atoms with Crippen molar-refractivity contribution in [1.29, 1.82) is 0 Å². The fourth-order valence-corrected chi connectivity index (χ4v) is 2.75. The molecule has 0 radical (unpaired) electrons. The lowest BCUT2D eigenvalue weighted by atomic mass is 10.1. The summed E-state index contributed by atoms with van der Waals surface area (Å²) < 4.78 is 28.8. The van der Waals surface area contributed by atoms with E-state index in [1.54, 1.807) is 0 Å². The van der Waals surface area contributed by atoms with Gasteiger partial charge in [-0.2, -0.15) is 8.42 Å². The molecule has 10 nitrogen and oxygen atoms in total. The Kier molecular flexibility index (Phi) is 4.76. The first-order valence-corrected chi connectivity index (χ1v) is 7.72. The van der Waals surface area contributed by atoms with E-state index in [-0.39, 0.29) is 10.6 Å². The van der Waals surface area contributed by atoms with Crippen LogP contribution < -0.4 is 0 Å². The Bertz CT molecular complexity index is 860. The normalized spacial score (nSPS) is 11.2. The number of phenolic OH excluding ortho intramolecular Hbond substituents is 1. The van der Waals surface area contributed by atoms with Crippen molar-refractivity contribution in [2.24, 2.45) is 0 Å². The highest BCUT2D eigenvalue weighted by molar-refractivity contribution is 7.86. The molecule has 126 valence electrons. The van der Waals surface area contributed by atoms with E-state index in [0.717, 1.165) is 42.5 Å². The Morgan fingerprint density at radius 1 is 0.958 bits per heavy atom. The molecule has 0 fully saturated rings. The minimum Gasteiger partial charge on any atom is -0.508 e. The van der Waals surface area contributed by atoms with E-state index < -0.39 is 43.5 Å². The van der Waals surface area contributed by atoms with Gasteiger partial charge in [-0.3, -0.25) is 24.4 Å². The van der Waals surface area contributed by atoms with Crippen molar-refractivity contribution in [3.8, 4) is 5.75 Å². The van der Waals surface area contributed by atoms with Gasteiger partial charge in [0.15, 0.2) is 0 Å². The largest absolute Gasteiger partial charge is 0.508 e. The van der Waals surface area contributed by atoms with Gasteiger partial charge >= 0.3 is 0 Å². The third-order valence-electron chi connectivity index (χ3n) is 3.00. The maximum absolute atomic E-state index is 12.0. The lowest BCUT2D eigenvalue weighted by molar-refractivity contribution is -0.396. The van der Waals surface area contributed by atoms with Crippen LogP contribution in [0.3, 0.4) is 0 Å². The van der Waals surface area contributed by atoms with Gasteiger partial charge in [-0.25, -0.2) is 0 Å². The third kappa shape index (κ3) is 3.64. The average Bonchev–Trinajstić information content (AvgIpc) is 2.52. The number of nitro benzene ring substituents is 2. The minimum atomic E-state index is -4.32. The summed E-state index contributed by atoms with van der Waals surface area (Å²) in [5, 5.41) is 31.1. The van der Waals surface area contributed by atoms with E-state index in [4.69, 9.17) is 9.29 Å². The number of phenols is 1. The zero-order valence-corrected chi connectivity index (χ0v) is 12.7. The summed E-state index contributed by atoms with van der Waals surface area (Å²) in [4.78, 5) is 19.9. The zero-order valence-electron chi connectivity index (χ0n) is 11.9. The number of nitro groups is 2. The van der Waals surface area contributed by atoms with Gasteiger partial charge < -0.3 is 5.11 Å². The van der Waals surface area contributed by atoms with E-state index in [1.165, 1.54) is 0 Å². The van der Waals surface area contributed by atoms with Crippen molar-refractivity contribution in [2.75, 3.05) is 0 Å². The van der Waals surface area contributed by atoms with Gasteiger partial charge in [0.2, 0.25) is 0 Å². The summed E-state index contributed by atoms with van der Waals surface area (Å²) in [5.41, 5.74) is -1.70. The summed E-state index contributed by atoms with van der Waals surface area (Å²) in [6.07, 6.45) is 0. The maximum Gasteiger partial charge on any atom is 0.297 e. The van der Waals surface area contributed by atoms with E-state index in [1.807, 2.05) is 0 Å². The Hall–Kier alpha value is -3.05. The van der Waals surface area contributed by atoms with Crippen molar-refractivity contribution >= 4 is 21.5 Å². The molecule has 0 heterocycles. The van der Waals surface area contributed by atoms with Crippen LogP contribution in [0.2, 0.25) is 0 Å². The van der Waals surface area contributed by atoms with Crippen LogP contribution >= 0.6 is 0 Å². The molecular formula is C13H10N2O8S. The third-order valence-corrected chi connectivity index (χ3v) is 4.28. The molecule has 0 saturated carbocycles. The molecule has 2 aromatic carbocycles. The van der Waals surface area contributed by atoms with Crippen molar-refractivity contribution in [3.05, 3.63) is 68.3 Å². The lowest BCUT2D eigenvalue weighted by Gasteiger charge is -2.07. The molecule has 24 heavy (non-hydrogen) atoms. The first-order chi connectivity index (χ1) is 11.2. The number of hydrogen-bond acceptors (Lipinski definition) is 8. The molecule has 0 saturated heterocycles. The monoisotopic (exact) mass is 354 g/mol. The Balaban J connectivity index is 2.36. The Morgan fingerprint density at radius 2 is 1.46 bits per heavy atom. The molecule has 0 bridgehead atoms. The van der Waals surface area contributed by atoms with Gasteiger partial charge in [0.1, 0.15) is 17.9 Å². The molecule has 2 rings (SSSR count). The molecule has 1 N–H and O–H groups in total. The van der Waals surface area contributed by atoms with Crippen LogP contribution in [-0.4, -0.2) is 23.4 Å². The molecular weight excluding hydrogens is 344 g/mol. The highest BCUT2D eigenvalue weighted by Crippen LogP contribution is 2.30. The number of benzene rings is 2. The Morgan fingerprint density at radius 3 is 1.92 bits per heavy atom. The summed E-state index contributed by atoms with van der Waals surface area (Å²) in [6.45, 7) is -0.878. The van der Waals surface area contributed by atoms with E-state index >= 15 is 0 Å². The maximum atomic E-state index is 12.0. The molecule has 11 heteroatoms. The van der Waals surface area contributed by atoms with E-state index in [2.05, 4.69) is 0 Å². The number of rotatable bonds is 6. The van der Waals surface area contributed by atoms with Crippen LogP contribution in [0.1, 0.15) is 5.56 Å². The van der Waals surface area contributed by atoms with Gasteiger partial charge in [-0.15, -0.1) is 0 Å². The molecule has 0 aliphatic heterocycles. The first kappa shape index (κ1) is 17.3. The quantitative estimate of drug-likeness (QED) is 0.470. The minimum absolute atomic E-state index is 0.164. The second kappa shape index (κ2) is 6.60. The molecule has 0 aliphatic rings. The van der Waals surface area contributed by atoms with Crippen molar-refractivity contribution in [2.45, 2.75) is 11.5 Å². The first-order valence-electron chi connectivity index (χ1n) is 6.31. The Labute approximate surface area is 135 Å². The van der Waals surface area contributed by atoms with E-state index in [0.29, 0.717) is 0 Å². The van der Waals surface area contributed by atoms with Crippen molar-refractivity contribution < 1.29 is 27.6 Å². The standard InChI is InChI=1S/C13H10N2O8S/c16-9-4-6-10(7-5-9)24(21,22)23-8-11-12(14(17)18)2-1-3-13(11)15(19)20/h1-7,16H,8H2. The number of aromatic hydroxyl groups is 1. The van der Waals surface area contributed by atoms with Gasteiger partial charge in [0.25, 0.3) is 21.5 Å². The fraction of sp³-hybridized carbons (Fsp3) is 0.0769. The average molecular weight is 354 g/mol. The highest BCUT2D eigenvalue weighted by atomic mass is 32.2. The SMILES string of the molecule is O=[N+]([O-])c1cccc([N+](=O)[O-])c1COS(=O)(=O)c1ccc(O)cc1. The summed E-state index contributed by atoms with van der Waals surface area (Å²) in [6, 6.07) is 7.51. The van der Waals surface area contributed by atoms with Gasteiger partial charge in [0, 0.05) is 12.1 Å². The van der Waals surface area contributed by atoms with E-state index in [9.17, 15) is 28.6 Å².